The van der Waals surface area contributed by atoms with Crippen molar-refractivity contribution < 1.29 is 64.3 Å². The third kappa shape index (κ3) is 30.5. The summed E-state index contributed by atoms with van der Waals surface area (Å²) in [7, 11) is -4.69. The summed E-state index contributed by atoms with van der Waals surface area (Å²) in [4.78, 5) is 52.0. The lowest BCUT2D eigenvalue weighted by Crippen LogP contribution is -3.00. The molecule has 2 aliphatic rings. The molecule has 0 bridgehead atoms. The van der Waals surface area contributed by atoms with E-state index in [1.165, 1.54) is 147 Å². The molecule has 496 valence electrons. The van der Waals surface area contributed by atoms with E-state index in [4.69, 9.17) is 35.2 Å². The van der Waals surface area contributed by atoms with Gasteiger partial charge in [0.2, 0.25) is 5.36 Å². The van der Waals surface area contributed by atoms with Crippen molar-refractivity contribution in [2.24, 2.45) is 0 Å². The van der Waals surface area contributed by atoms with Gasteiger partial charge in [0.1, 0.15) is 31.0 Å². The molecule has 18 heteroatoms. The second kappa shape index (κ2) is 46.5. The number of nitrogens with zero attached hydrogens (tertiary/aromatic N) is 2. The maximum Gasteiger partial charge on any atom is 0.472 e. The van der Waals surface area contributed by atoms with E-state index in [1.807, 2.05) is 36.4 Å². The Morgan fingerprint density at radius 1 is 0.614 bits per heavy atom. The van der Waals surface area contributed by atoms with Gasteiger partial charge in [-0.05, 0) is 88.6 Å². The third-order valence-corrected chi connectivity index (χ3v) is 17.7. The zero-order valence-corrected chi connectivity index (χ0v) is 57.2. The van der Waals surface area contributed by atoms with E-state index in [0.717, 1.165) is 92.3 Å². The molecule has 1 aliphatic heterocycles. The highest BCUT2D eigenvalue weighted by atomic mass is 35.5. The second-order valence-corrected chi connectivity index (χ2v) is 25.3. The molecule has 2 atom stereocenters. The van der Waals surface area contributed by atoms with E-state index in [2.05, 4.69) is 61.7 Å². The predicted molar refractivity (Wildman–Crippen MR) is 361 cm³/mol. The quantitative estimate of drug-likeness (QED) is 0.00815. The number of ether oxygens (including phenoxy) is 2. The van der Waals surface area contributed by atoms with Crippen LogP contribution in [0.25, 0.3) is 33.4 Å². The van der Waals surface area contributed by atoms with Gasteiger partial charge in [-0.2, -0.15) is 0 Å². The van der Waals surface area contributed by atoms with Gasteiger partial charge in [-0.3, -0.25) is 18.6 Å². The Hall–Kier alpha value is -4.57. The summed E-state index contributed by atoms with van der Waals surface area (Å²) in [5, 5.41) is 18.6. The standard InChI is InChI=1S/C70H111N4O11PS.ClH/c1-7-13-15-17-19-21-23-25-27-29-31-33-35-37-39-41-66(75)81-54-59(84-67(76)42-40-38-36-34-32-30-28-26-24-22-20-18-16-14-8-2)55-83-86(79,80)82-50-49-71-70(87)72-56-43-46-60(63(51-56)69(77)78)68-61-47-44-57(73(9-3)10-4)52-64(61)85-65-53-58(45-48-62(65)68)74(11-5)12-6;/h43-48,51-53,59H,7-42,49-50,54-55H2,1-6H3,(H3,71,77,78,79,80,87);1H/t59-;/m1./s1. The molecule has 0 radical (unpaired) electrons. The van der Waals surface area contributed by atoms with Gasteiger partial charge in [0.15, 0.2) is 11.2 Å². The third-order valence-electron chi connectivity index (χ3n) is 16.5. The fraction of sp³-hybridized carbons (Fsp3) is 0.671. The molecule has 0 saturated heterocycles. The van der Waals surface area contributed by atoms with Gasteiger partial charge in [0, 0.05) is 72.5 Å². The average Bonchev–Trinajstić information content (AvgIpc) is 1.91. The number of anilines is 2. The van der Waals surface area contributed by atoms with Crippen LogP contribution in [0.3, 0.4) is 0 Å². The number of carboxylic acids is 1. The summed E-state index contributed by atoms with van der Waals surface area (Å²) in [5.41, 5.74) is 4.08. The highest BCUT2D eigenvalue weighted by Gasteiger charge is 2.27. The van der Waals surface area contributed by atoms with E-state index in [0.29, 0.717) is 35.4 Å². The van der Waals surface area contributed by atoms with Crippen LogP contribution in [-0.4, -0.2) is 91.7 Å². The predicted octanol–water partition coefficient (Wildman–Crippen LogP) is 15.0. The van der Waals surface area contributed by atoms with Crippen molar-refractivity contribution in [2.75, 3.05) is 62.8 Å². The largest absolute Gasteiger partial charge is 1.00 e. The number of unbranched alkanes of at least 4 members (excludes halogenated alkanes) is 28. The molecule has 0 saturated carbocycles. The highest BCUT2D eigenvalue weighted by Crippen LogP contribution is 2.44. The molecule has 88 heavy (non-hydrogen) atoms. The number of phosphoric acid groups is 1. The number of phosphoric ester groups is 1. The van der Waals surface area contributed by atoms with E-state index >= 15 is 0 Å². The summed E-state index contributed by atoms with van der Waals surface area (Å²) in [6, 6.07) is 17.1. The highest BCUT2D eigenvalue weighted by molar-refractivity contribution is 7.80. The number of carbonyl (C=O) groups is 3. The number of benzene rings is 3. The van der Waals surface area contributed by atoms with Gasteiger partial charge in [-0.25, -0.2) is 13.9 Å². The van der Waals surface area contributed by atoms with Gasteiger partial charge in [-0.15, -0.1) is 0 Å². The summed E-state index contributed by atoms with van der Waals surface area (Å²) in [6.45, 7) is 15.0. The molecule has 0 fully saturated rings. The fourth-order valence-electron chi connectivity index (χ4n) is 11.4. The molecule has 0 aromatic heterocycles. The van der Waals surface area contributed by atoms with Crippen LogP contribution in [0.4, 0.5) is 11.4 Å². The molecular formula is C70H112ClN4O11PS. The van der Waals surface area contributed by atoms with Gasteiger partial charge < -0.3 is 51.8 Å². The minimum Gasteiger partial charge on any atom is -1.00 e. The van der Waals surface area contributed by atoms with Crippen molar-refractivity contribution in [2.45, 2.75) is 253 Å². The van der Waals surface area contributed by atoms with Crippen molar-refractivity contribution in [3.8, 4) is 22.5 Å². The lowest BCUT2D eigenvalue weighted by molar-refractivity contribution is -0.161. The Labute approximate surface area is 540 Å². The van der Waals surface area contributed by atoms with E-state index in [1.54, 1.807) is 12.1 Å². The number of thiocarbonyl (C=S) groups is 1. The fourth-order valence-corrected chi connectivity index (χ4v) is 12.3. The van der Waals surface area contributed by atoms with Crippen molar-refractivity contribution in [3.63, 3.8) is 0 Å². The van der Waals surface area contributed by atoms with E-state index < -0.39 is 38.4 Å². The summed E-state index contributed by atoms with van der Waals surface area (Å²) >= 11 is 5.56. The van der Waals surface area contributed by atoms with Crippen LogP contribution in [0.15, 0.2) is 59.0 Å². The Morgan fingerprint density at radius 3 is 1.61 bits per heavy atom. The van der Waals surface area contributed by atoms with E-state index in [-0.39, 0.29) is 55.7 Å². The molecular weight excluding hydrogens is 1170 g/mol. The van der Waals surface area contributed by atoms with Crippen LogP contribution >= 0.6 is 20.0 Å². The molecule has 15 nitrogen and oxygen atoms in total. The number of halogens is 1. The number of fused-ring (bicyclic) bond motifs is 2. The molecule has 0 amide bonds. The zero-order valence-electron chi connectivity index (χ0n) is 54.8. The number of carboxylic acid groups (broad SMARTS) is 1. The average molecular weight is 1280 g/mol. The first-order valence-corrected chi connectivity index (χ1v) is 35.9. The SMILES string of the molecule is CCCCCCCCCCCCCCCCCC(=O)OC[C@H](COP(=O)(O)OCCNC(=S)Nc1ccc(-c2c3ccc(=[N+](CC)CC)cc-3oc3cc(N(CC)CC)ccc23)c(C(=O)O)c1)OC(=O)CCCCCCCCCCCCCCCCC.[Cl-]. The number of carbonyl (C=O) groups excluding carboxylic acids is 2. The number of hydrogen-bond donors (Lipinski definition) is 4. The molecule has 1 heterocycles. The van der Waals surface area contributed by atoms with Crippen LogP contribution in [-0.2, 0) is 32.7 Å². The summed E-state index contributed by atoms with van der Waals surface area (Å²) in [5.74, 6) is -1.42. The molecule has 4 rings (SSSR count). The van der Waals surface area contributed by atoms with Crippen molar-refractivity contribution in [1.82, 2.24) is 9.89 Å². The lowest BCUT2D eigenvalue weighted by atomic mass is 9.90. The van der Waals surface area contributed by atoms with Crippen molar-refractivity contribution in [3.05, 3.63) is 65.5 Å². The zero-order chi connectivity index (χ0) is 62.9. The van der Waals surface area contributed by atoms with Gasteiger partial charge in [-0.1, -0.05) is 200 Å². The maximum absolute atomic E-state index is 13.2. The van der Waals surface area contributed by atoms with Gasteiger partial charge >= 0.3 is 25.7 Å². The maximum atomic E-state index is 13.2. The topological polar surface area (TPSA) is 189 Å². The van der Waals surface area contributed by atoms with Gasteiger partial charge in [0.05, 0.1) is 24.8 Å². The molecule has 1 aliphatic carbocycles. The Balaban J connectivity index is 0.0000202. The van der Waals surface area contributed by atoms with Gasteiger partial charge in [0.25, 0.3) is 0 Å². The minimum atomic E-state index is -4.69. The second-order valence-electron chi connectivity index (χ2n) is 23.4. The Bertz CT molecular complexity index is 2700. The number of esters is 2. The Morgan fingerprint density at radius 2 is 1.11 bits per heavy atom. The first-order valence-electron chi connectivity index (χ1n) is 34.0. The first-order chi connectivity index (χ1) is 42.3. The minimum absolute atomic E-state index is 0. The van der Waals surface area contributed by atoms with Crippen molar-refractivity contribution >= 4 is 65.4 Å². The number of aromatic carboxylic acids is 1. The van der Waals surface area contributed by atoms with E-state index in [9.17, 15) is 28.9 Å². The van der Waals surface area contributed by atoms with Crippen LogP contribution in [0.5, 0.6) is 0 Å². The number of nitrogens with one attached hydrogen (secondary N) is 2. The van der Waals surface area contributed by atoms with Crippen molar-refractivity contribution in [1.29, 1.82) is 0 Å². The Kier molecular flexibility index (Phi) is 41.0. The van der Waals surface area contributed by atoms with Crippen LogP contribution in [0.1, 0.15) is 257 Å². The molecule has 0 spiro atoms. The van der Waals surface area contributed by atoms with Crippen LogP contribution in [0, 0.1) is 0 Å². The molecule has 2 aromatic carbocycles. The normalized spacial score (nSPS) is 12.4. The number of hydrogen-bond acceptors (Lipinski definition) is 11. The van der Waals surface area contributed by atoms with Crippen LogP contribution < -0.4 is 37.9 Å². The molecule has 2 aromatic rings. The summed E-state index contributed by atoms with van der Waals surface area (Å²) in [6.07, 6.45) is 35.7. The monoisotopic (exact) mass is 1280 g/mol. The molecule has 4 N–H and O–H groups in total. The first kappa shape index (κ1) is 77.7. The number of rotatable bonds is 50. The molecule has 1 unspecified atom stereocenters. The summed E-state index contributed by atoms with van der Waals surface area (Å²) < 4.78 is 43.8. The van der Waals surface area contributed by atoms with Crippen LogP contribution in [0.2, 0.25) is 0 Å². The smallest absolute Gasteiger partial charge is 0.472 e. The lowest BCUT2D eigenvalue weighted by Gasteiger charge is -2.22.